The standard InChI is InChI=1S/C23H24N2O.C3H8.C2H6/c1-4-8-20-16(2)23(26)25(3)15-22(20)21-14-19(24)12-11-18(21)13-17-9-6-5-7-10-17;1-3-2;1-2/h4-12,14-15H,13,24H2,1-3H3;3H2,1-2H3;1-2H3/b8-4-;;. The molecule has 0 fully saturated rings. The van der Waals surface area contributed by atoms with E-state index in [-0.39, 0.29) is 5.56 Å². The van der Waals surface area contributed by atoms with Gasteiger partial charge in [0.1, 0.15) is 0 Å². The van der Waals surface area contributed by atoms with Crippen LogP contribution >= 0.6 is 0 Å². The lowest BCUT2D eigenvalue weighted by Gasteiger charge is -2.16. The Morgan fingerprint density at radius 3 is 2.19 bits per heavy atom. The first-order valence-corrected chi connectivity index (χ1v) is 11.2. The molecule has 3 heteroatoms. The Kier molecular flexibility index (Phi) is 11.1. The molecule has 1 heterocycles. The van der Waals surface area contributed by atoms with Gasteiger partial charge in [-0.3, -0.25) is 4.79 Å². The molecule has 0 aliphatic rings. The number of hydrogen-bond acceptors (Lipinski definition) is 2. The van der Waals surface area contributed by atoms with Gasteiger partial charge in [-0.15, -0.1) is 0 Å². The van der Waals surface area contributed by atoms with E-state index in [0.717, 1.165) is 34.4 Å². The minimum Gasteiger partial charge on any atom is -0.399 e. The summed E-state index contributed by atoms with van der Waals surface area (Å²) in [5, 5.41) is 0. The highest BCUT2D eigenvalue weighted by Gasteiger charge is 2.14. The number of nitrogens with two attached hydrogens (primary N) is 1. The SMILES string of the molecule is C/C=C\c1c(-c2cc(N)ccc2Cc2ccccc2)cn(C)c(=O)c1C.CC.CCC. The molecule has 0 bridgehead atoms. The zero-order valence-corrected chi connectivity index (χ0v) is 20.2. The molecule has 3 rings (SSSR count). The summed E-state index contributed by atoms with van der Waals surface area (Å²) in [4.78, 5) is 12.4. The highest BCUT2D eigenvalue weighted by molar-refractivity contribution is 5.80. The first-order chi connectivity index (χ1) is 14.9. The van der Waals surface area contributed by atoms with E-state index in [0.29, 0.717) is 0 Å². The summed E-state index contributed by atoms with van der Waals surface area (Å²) in [6, 6.07) is 16.4. The molecular weight excluding hydrogens is 380 g/mol. The van der Waals surface area contributed by atoms with Crippen LogP contribution in [0.5, 0.6) is 0 Å². The van der Waals surface area contributed by atoms with Crippen LogP contribution < -0.4 is 11.3 Å². The van der Waals surface area contributed by atoms with Crippen molar-refractivity contribution in [1.29, 1.82) is 0 Å². The Morgan fingerprint density at radius 1 is 1.00 bits per heavy atom. The number of aryl methyl sites for hydroxylation is 1. The van der Waals surface area contributed by atoms with E-state index in [1.807, 2.05) is 76.4 Å². The largest absolute Gasteiger partial charge is 0.399 e. The third-order valence-electron chi connectivity index (χ3n) is 4.65. The summed E-state index contributed by atoms with van der Waals surface area (Å²) >= 11 is 0. The van der Waals surface area contributed by atoms with E-state index >= 15 is 0 Å². The Labute approximate surface area is 188 Å². The number of anilines is 1. The smallest absolute Gasteiger partial charge is 0.253 e. The minimum atomic E-state index is 0.0235. The molecule has 2 N–H and O–H groups in total. The molecule has 0 radical (unpaired) electrons. The molecule has 3 aromatic rings. The fourth-order valence-corrected chi connectivity index (χ4v) is 3.31. The minimum absolute atomic E-state index is 0.0235. The predicted molar refractivity (Wildman–Crippen MR) is 138 cm³/mol. The lowest BCUT2D eigenvalue weighted by Crippen LogP contribution is -2.20. The molecular formula is C28H38N2O. The number of hydrogen-bond donors (Lipinski definition) is 1. The second-order valence-corrected chi connectivity index (χ2v) is 7.28. The summed E-state index contributed by atoms with van der Waals surface area (Å²) < 4.78 is 1.65. The van der Waals surface area contributed by atoms with Crippen molar-refractivity contribution in [3.8, 4) is 11.1 Å². The molecule has 0 saturated carbocycles. The van der Waals surface area contributed by atoms with Crippen LogP contribution in [0, 0.1) is 6.92 Å². The number of aromatic nitrogens is 1. The third-order valence-corrected chi connectivity index (χ3v) is 4.65. The van der Waals surface area contributed by atoms with Gasteiger partial charge in [0.25, 0.3) is 5.56 Å². The Bertz CT molecular complexity index is 1030. The number of allylic oxidation sites excluding steroid dienone is 1. The summed E-state index contributed by atoms with van der Waals surface area (Å²) in [5.74, 6) is 0. The molecule has 0 aliphatic heterocycles. The van der Waals surface area contributed by atoms with Crippen molar-refractivity contribution in [1.82, 2.24) is 4.57 Å². The van der Waals surface area contributed by atoms with Crippen molar-refractivity contribution >= 4 is 11.8 Å². The number of nitrogens with zero attached hydrogens (tertiary/aromatic N) is 1. The van der Waals surface area contributed by atoms with Crippen LogP contribution in [0.15, 0.2) is 65.6 Å². The molecule has 166 valence electrons. The van der Waals surface area contributed by atoms with Crippen LogP contribution in [0.3, 0.4) is 0 Å². The molecule has 0 spiro atoms. The van der Waals surface area contributed by atoms with Crippen molar-refractivity contribution in [2.24, 2.45) is 7.05 Å². The second-order valence-electron chi connectivity index (χ2n) is 7.28. The monoisotopic (exact) mass is 418 g/mol. The molecule has 0 unspecified atom stereocenters. The quantitative estimate of drug-likeness (QED) is 0.463. The van der Waals surface area contributed by atoms with Gasteiger partial charge in [-0.1, -0.05) is 82.7 Å². The second kappa shape index (κ2) is 13.3. The molecule has 1 aromatic heterocycles. The van der Waals surface area contributed by atoms with E-state index in [4.69, 9.17) is 5.73 Å². The lowest BCUT2D eigenvalue weighted by atomic mass is 9.91. The van der Waals surface area contributed by atoms with Crippen molar-refractivity contribution in [2.45, 2.75) is 54.4 Å². The highest BCUT2D eigenvalue weighted by atomic mass is 16.1. The molecule has 0 amide bonds. The van der Waals surface area contributed by atoms with E-state index in [2.05, 4.69) is 32.0 Å². The van der Waals surface area contributed by atoms with Crippen molar-refractivity contribution in [3.05, 3.63) is 93.4 Å². The molecule has 0 aliphatic carbocycles. The molecule has 31 heavy (non-hydrogen) atoms. The van der Waals surface area contributed by atoms with Gasteiger partial charge in [0.2, 0.25) is 0 Å². The van der Waals surface area contributed by atoms with Crippen molar-refractivity contribution in [2.75, 3.05) is 5.73 Å². The zero-order chi connectivity index (χ0) is 23.4. The Morgan fingerprint density at radius 2 is 1.61 bits per heavy atom. The van der Waals surface area contributed by atoms with Crippen LogP contribution in [-0.2, 0) is 13.5 Å². The van der Waals surface area contributed by atoms with Crippen LogP contribution in [-0.4, -0.2) is 4.57 Å². The van der Waals surface area contributed by atoms with E-state index in [1.54, 1.807) is 11.6 Å². The fourth-order valence-electron chi connectivity index (χ4n) is 3.31. The van der Waals surface area contributed by atoms with Gasteiger partial charge in [0.15, 0.2) is 0 Å². The summed E-state index contributed by atoms with van der Waals surface area (Å²) in [5.41, 5.74) is 13.1. The van der Waals surface area contributed by atoms with Gasteiger partial charge in [0.05, 0.1) is 0 Å². The maximum absolute atomic E-state index is 12.4. The van der Waals surface area contributed by atoms with Crippen molar-refractivity contribution in [3.63, 3.8) is 0 Å². The first kappa shape index (κ1) is 26.0. The fraction of sp³-hybridized carbons (Fsp3) is 0.321. The van der Waals surface area contributed by atoms with Crippen LogP contribution in [0.2, 0.25) is 0 Å². The molecule has 2 aromatic carbocycles. The number of rotatable bonds is 4. The van der Waals surface area contributed by atoms with Crippen LogP contribution in [0.4, 0.5) is 5.69 Å². The number of benzene rings is 2. The molecule has 0 atom stereocenters. The third kappa shape index (κ3) is 6.99. The Hall–Kier alpha value is -3.07. The normalized spacial score (nSPS) is 10.2. The van der Waals surface area contributed by atoms with Crippen molar-refractivity contribution < 1.29 is 0 Å². The first-order valence-electron chi connectivity index (χ1n) is 11.2. The average Bonchev–Trinajstić information content (AvgIpc) is 2.78. The van der Waals surface area contributed by atoms with E-state index in [9.17, 15) is 4.79 Å². The predicted octanol–water partition coefficient (Wildman–Crippen LogP) is 7.01. The van der Waals surface area contributed by atoms with Gasteiger partial charge in [-0.05, 0) is 54.7 Å². The maximum atomic E-state index is 12.4. The summed E-state index contributed by atoms with van der Waals surface area (Å²) in [6.45, 7) is 12.1. The zero-order valence-electron chi connectivity index (χ0n) is 20.2. The van der Waals surface area contributed by atoms with Gasteiger partial charge >= 0.3 is 0 Å². The van der Waals surface area contributed by atoms with E-state index in [1.165, 1.54) is 17.5 Å². The molecule has 0 saturated heterocycles. The van der Waals surface area contributed by atoms with Crippen LogP contribution in [0.25, 0.3) is 17.2 Å². The average molecular weight is 419 g/mol. The van der Waals surface area contributed by atoms with Gasteiger partial charge in [0, 0.05) is 30.1 Å². The maximum Gasteiger partial charge on any atom is 0.253 e. The van der Waals surface area contributed by atoms with Gasteiger partial charge in [-0.2, -0.15) is 0 Å². The highest BCUT2D eigenvalue weighted by Crippen LogP contribution is 2.32. The van der Waals surface area contributed by atoms with Gasteiger partial charge in [-0.25, -0.2) is 0 Å². The Balaban J connectivity index is 0.000000884. The topological polar surface area (TPSA) is 48.0 Å². The van der Waals surface area contributed by atoms with E-state index < -0.39 is 0 Å². The van der Waals surface area contributed by atoms with Gasteiger partial charge < -0.3 is 10.3 Å². The van der Waals surface area contributed by atoms with Crippen LogP contribution in [0.1, 0.15) is 63.3 Å². The summed E-state index contributed by atoms with van der Waals surface area (Å²) in [7, 11) is 1.79. The number of nitrogen functional groups attached to an aromatic ring is 1. The lowest BCUT2D eigenvalue weighted by molar-refractivity contribution is 0.849. The molecule has 3 nitrogen and oxygen atoms in total. The summed E-state index contributed by atoms with van der Waals surface area (Å²) in [6.07, 6.45) is 7.94. The number of pyridine rings is 1.